The maximum atomic E-state index is 13.7. The van der Waals surface area contributed by atoms with Crippen molar-refractivity contribution in [1.82, 2.24) is 15.5 Å². The first-order valence-corrected chi connectivity index (χ1v) is 12.3. The SMILES string of the molecule is CN[C@H](C(=O)N[C@H](C(=O)N(C)[C@H](/C=C(\C)C(=O)O)C(C)C)C(C)(C)C)C(C)(C)c1cccc(OC)c1. The summed E-state index contributed by atoms with van der Waals surface area (Å²) in [7, 11) is 4.97. The molecule has 0 radical (unpaired) electrons. The van der Waals surface area contributed by atoms with Gasteiger partial charge in [0, 0.05) is 18.0 Å². The van der Waals surface area contributed by atoms with Gasteiger partial charge in [0.05, 0.1) is 19.2 Å². The fourth-order valence-corrected chi connectivity index (χ4v) is 4.31. The molecule has 202 valence electrons. The van der Waals surface area contributed by atoms with Gasteiger partial charge in [-0.15, -0.1) is 0 Å². The smallest absolute Gasteiger partial charge is 0.331 e. The zero-order valence-electron chi connectivity index (χ0n) is 23.7. The van der Waals surface area contributed by atoms with Gasteiger partial charge >= 0.3 is 5.97 Å². The summed E-state index contributed by atoms with van der Waals surface area (Å²) in [5.74, 6) is -0.937. The van der Waals surface area contributed by atoms with Gasteiger partial charge in [0.2, 0.25) is 11.8 Å². The van der Waals surface area contributed by atoms with Gasteiger partial charge in [-0.1, -0.05) is 66.7 Å². The summed E-state index contributed by atoms with van der Waals surface area (Å²) >= 11 is 0. The Balaban J connectivity index is 3.33. The molecule has 0 aliphatic heterocycles. The van der Waals surface area contributed by atoms with Gasteiger partial charge < -0.3 is 25.4 Å². The predicted octanol–water partition coefficient (Wildman–Crippen LogP) is 3.61. The number of carboxylic acids is 1. The molecule has 0 aromatic heterocycles. The fraction of sp³-hybridized carbons (Fsp3) is 0.607. The van der Waals surface area contributed by atoms with Gasteiger partial charge in [-0.25, -0.2) is 4.79 Å². The summed E-state index contributed by atoms with van der Waals surface area (Å²) in [5.41, 5.74) is -0.125. The quantitative estimate of drug-likeness (QED) is 0.398. The molecule has 1 rings (SSSR count). The normalized spacial score (nSPS) is 15.2. The molecule has 2 amide bonds. The van der Waals surface area contributed by atoms with Crippen LogP contribution in [0.2, 0.25) is 0 Å². The molecule has 0 unspecified atom stereocenters. The highest BCUT2D eigenvalue weighted by atomic mass is 16.5. The van der Waals surface area contributed by atoms with Crippen LogP contribution in [-0.2, 0) is 19.8 Å². The Morgan fingerprint density at radius 2 is 1.67 bits per heavy atom. The topological polar surface area (TPSA) is 108 Å². The number of ether oxygens (including phenoxy) is 1. The lowest BCUT2D eigenvalue weighted by Crippen LogP contribution is -2.61. The van der Waals surface area contributed by atoms with Crippen LogP contribution < -0.4 is 15.4 Å². The van der Waals surface area contributed by atoms with Gasteiger partial charge in [0.15, 0.2) is 0 Å². The average molecular weight is 504 g/mol. The van der Waals surface area contributed by atoms with Gasteiger partial charge in [-0.2, -0.15) is 0 Å². The highest BCUT2D eigenvalue weighted by Crippen LogP contribution is 2.31. The van der Waals surface area contributed by atoms with Gasteiger partial charge in [0.1, 0.15) is 11.8 Å². The Labute approximate surface area is 216 Å². The maximum absolute atomic E-state index is 13.7. The van der Waals surface area contributed by atoms with Crippen LogP contribution >= 0.6 is 0 Å². The van der Waals surface area contributed by atoms with E-state index in [0.717, 1.165) is 5.56 Å². The van der Waals surface area contributed by atoms with E-state index in [1.165, 1.54) is 11.8 Å². The number of nitrogens with one attached hydrogen (secondary N) is 2. The molecule has 0 saturated heterocycles. The van der Waals surface area contributed by atoms with E-state index in [-0.39, 0.29) is 23.3 Å². The average Bonchev–Trinajstić information content (AvgIpc) is 2.79. The van der Waals surface area contributed by atoms with Crippen molar-refractivity contribution in [1.29, 1.82) is 0 Å². The van der Waals surface area contributed by atoms with Crippen molar-refractivity contribution in [3.05, 3.63) is 41.5 Å². The summed E-state index contributed by atoms with van der Waals surface area (Å²) < 4.78 is 5.36. The zero-order valence-corrected chi connectivity index (χ0v) is 23.7. The lowest BCUT2D eigenvalue weighted by atomic mass is 9.76. The molecular formula is C28H45N3O5. The van der Waals surface area contributed by atoms with E-state index in [1.807, 2.05) is 72.7 Å². The second kappa shape index (κ2) is 12.4. The third kappa shape index (κ3) is 7.56. The molecule has 0 spiro atoms. The van der Waals surface area contributed by atoms with Crippen molar-refractivity contribution in [2.75, 3.05) is 21.2 Å². The van der Waals surface area contributed by atoms with Crippen molar-refractivity contribution >= 4 is 17.8 Å². The Bertz CT molecular complexity index is 962. The number of hydrogen-bond acceptors (Lipinski definition) is 5. The number of nitrogens with zero attached hydrogens (tertiary/aromatic N) is 1. The third-order valence-corrected chi connectivity index (χ3v) is 6.72. The molecule has 0 saturated carbocycles. The van der Waals surface area contributed by atoms with E-state index in [1.54, 1.807) is 27.3 Å². The number of likely N-dealkylation sites (N-methyl/N-ethyl adjacent to an activating group) is 2. The summed E-state index contributed by atoms with van der Waals surface area (Å²) in [5, 5.41) is 15.5. The molecule has 36 heavy (non-hydrogen) atoms. The van der Waals surface area contributed by atoms with Crippen molar-refractivity contribution in [3.8, 4) is 5.75 Å². The molecule has 3 atom stereocenters. The lowest BCUT2D eigenvalue weighted by Gasteiger charge is -2.40. The van der Waals surface area contributed by atoms with Crippen molar-refractivity contribution in [3.63, 3.8) is 0 Å². The molecule has 0 bridgehead atoms. The molecule has 0 fully saturated rings. The number of aliphatic carboxylic acids is 1. The maximum Gasteiger partial charge on any atom is 0.331 e. The zero-order chi connectivity index (χ0) is 28.0. The number of methoxy groups -OCH3 is 1. The fourth-order valence-electron chi connectivity index (χ4n) is 4.31. The Hall–Kier alpha value is -2.87. The van der Waals surface area contributed by atoms with Crippen LogP contribution in [0.1, 0.15) is 61.0 Å². The number of carbonyl (C=O) groups is 3. The number of rotatable bonds is 11. The lowest BCUT2D eigenvalue weighted by molar-refractivity contribution is -0.141. The molecule has 0 heterocycles. The molecule has 1 aromatic rings. The standard InChI is InChI=1S/C28H45N3O5/c1-17(2)21(15-18(3)26(34)35)31(10)25(33)23(27(4,5)6)30-24(32)22(29-9)28(7,8)19-13-12-14-20(16-19)36-11/h12-17,21-23,29H,1-11H3,(H,30,32)(H,34,35)/b18-15+/t21-,22-,23-/m1/s1. The highest BCUT2D eigenvalue weighted by Gasteiger charge is 2.41. The highest BCUT2D eigenvalue weighted by molar-refractivity contribution is 5.91. The van der Waals surface area contributed by atoms with Gasteiger partial charge in [0.25, 0.3) is 0 Å². The second-order valence-corrected chi connectivity index (χ2v) is 11.3. The van der Waals surface area contributed by atoms with Crippen molar-refractivity contribution in [2.45, 2.75) is 78.9 Å². The molecule has 3 N–H and O–H groups in total. The number of carboxylic acid groups (broad SMARTS) is 1. The molecule has 1 aromatic carbocycles. The van der Waals surface area contributed by atoms with E-state index in [0.29, 0.717) is 5.75 Å². The third-order valence-electron chi connectivity index (χ3n) is 6.72. The van der Waals surface area contributed by atoms with Gasteiger partial charge in [-0.3, -0.25) is 9.59 Å². The molecule has 0 aliphatic carbocycles. The van der Waals surface area contributed by atoms with Crippen LogP contribution in [-0.4, -0.2) is 67.1 Å². The first kappa shape index (κ1) is 31.2. The van der Waals surface area contributed by atoms with Crippen LogP contribution in [0, 0.1) is 11.3 Å². The second-order valence-electron chi connectivity index (χ2n) is 11.3. The minimum atomic E-state index is -1.03. The van der Waals surface area contributed by atoms with E-state index >= 15 is 0 Å². The number of carbonyl (C=O) groups excluding carboxylic acids is 2. The van der Waals surface area contributed by atoms with Crippen LogP contribution in [0.3, 0.4) is 0 Å². The van der Waals surface area contributed by atoms with Crippen LogP contribution in [0.5, 0.6) is 5.75 Å². The van der Waals surface area contributed by atoms with Crippen LogP contribution in [0.25, 0.3) is 0 Å². The minimum Gasteiger partial charge on any atom is -0.497 e. The first-order chi connectivity index (χ1) is 16.5. The minimum absolute atomic E-state index is 0.0263. The van der Waals surface area contributed by atoms with Crippen molar-refractivity contribution in [2.24, 2.45) is 11.3 Å². The largest absolute Gasteiger partial charge is 0.497 e. The van der Waals surface area contributed by atoms with Crippen LogP contribution in [0.4, 0.5) is 0 Å². The number of benzene rings is 1. The summed E-state index contributed by atoms with van der Waals surface area (Å²) in [4.78, 5) is 40.3. The van der Waals surface area contributed by atoms with E-state index in [9.17, 15) is 19.5 Å². The number of hydrogen-bond donors (Lipinski definition) is 3. The summed E-state index contributed by atoms with van der Waals surface area (Å²) in [6, 6.07) is 5.68. The molecular weight excluding hydrogens is 458 g/mol. The first-order valence-electron chi connectivity index (χ1n) is 12.3. The summed E-state index contributed by atoms with van der Waals surface area (Å²) in [6.07, 6.45) is 1.59. The van der Waals surface area contributed by atoms with Gasteiger partial charge in [-0.05, 0) is 43.0 Å². The van der Waals surface area contributed by atoms with E-state index < -0.39 is 34.9 Å². The Morgan fingerprint density at radius 3 is 2.11 bits per heavy atom. The van der Waals surface area contributed by atoms with E-state index in [2.05, 4.69) is 10.6 Å². The molecule has 8 nitrogen and oxygen atoms in total. The monoisotopic (exact) mass is 503 g/mol. The molecule has 8 heteroatoms. The number of amides is 2. The Morgan fingerprint density at radius 1 is 1.08 bits per heavy atom. The predicted molar refractivity (Wildman–Crippen MR) is 143 cm³/mol. The Kier molecular flexibility index (Phi) is 10.7. The molecule has 0 aliphatic rings. The van der Waals surface area contributed by atoms with Crippen molar-refractivity contribution < 1.29 is 24.2 Å². The van der Waals surface area contributed by atoms with E-state index in [4.69, 9.17) is 4.74 Å². The van der Waals surface area contributed by atoms with Crippen LogP contribution in [0.15, 0.2) is 35.9 Å². The summed E-state index contributed by atoms with van der Waals surface area (Å²) in [6.45, 7) is 15.0.